The lowest BCUT2D eigenvalue weighted by atomic mass is 9.94. The molecule has 1 fully saturated rings. The molecule has 0 bridgehead atoms. The van der Waals surface area contributed by atoms with Gasteiger partial charge in [0.25, 0.3) is 0 Å². The van der Waals surface area contributed by atoms with Gasteiger partial charge in [-0.15, -0.1) is 0 Å². The van der Waals surface area contributed by atoms with Gasteiger partial charge in [0.2, 0.25) is 17.7 Å². The number of halogens is 2. The molecule has 2 amide bonds. The molecule has 0 aliphatic heterocycles. The molecule has 1 aliphatic carbocycles. The number of hydrogen-bond acceptors (Lipinski definition) is 5. The van der Waals surface area contributed by atoms with Crippen molar-refractivity contribution in [3.63, 3.8) is 0 Å². The second-order valence-electron chi connectivity index (χ2n) is 10.7. The number of primary amides is 1. The van der Waals surface area contributed by atoms with Crippen LogP contribution in [0, 0.1) is 11.6 Å². The van der Waals surface area contributed by atoms with Gasteiger partial charge in [-0.2, -0.15) is 0 Å². The quantitative estimate of drug-likeness (QED) is 0.200. The first-order valence-corrected chi connectivity index (χ1v) is 13.9. The summed E-state index contributed by atoms with van der Waals surface area (Å²) < 4.78 is 33.8. The van der Waals surface area contributed by atoms with Crippen molar-refractivity contribution in [2.24, 2.45) is 5.73 Å². The van der Waals surface area contributed by atoms with Crippen molar-refractivity contribution in [3.8, 4) is 17.0 Å². The summed E-state index contributed by atoms with van der Waals surface area (Å²) in [5, 5.41) is 3.03. The number of fused-ring (bicyclic) bond motifs is 1. The number of benzene rings is 2. The van der Waals surface area contributed by atoms with Gasteiger partial charge in [-0.1, -0.05) is 18.2 Å². The highest BCUT2D eigenvalue weighted by molar-refractivity contribution is 5.94. The van der Waals surface area contributed by atoms with Crippen LogP contribution in [0.15, 0.2) is 73.1 Å². The molecule has 5 aromatic rings. The minimum Gasteiger partial charge on any atom is -0.481 e. The van der Waals surface area contributed by atoms with E-state index >= 15 is 0 Å². The summed E-state index contributed by atoms with van der Waals surface area (Å²) in [5.41, 5.74) is 11.1. The molecule has 6 rings (SSSR count). The van der Waals surface area contributed by atoms with Crippen LogP contribution in [0.5, 0.6) is 5.88 Å². The van der Waals surface area contributed by atoms with Crippen molar-refractivity contribution in [3.05, 3.63) is 113 Å². The normalized spacial score (nSPS) is 13.6. The second kappa shape index (κ2) is 11.6. The minimum atomic E-state index is -0.767. The fourth-order valence-corrected chi connectivity index (χ4v) is 5.46. The molecule has 43 heavy (non-hydrogen) atoms. The van der Waals surface area contributed by atoms with Gasteiger partial charge in [-0.3, -0.25) is 14.6 Å². The number of pyridine rings is 2. The number of ether oxygens (including phenoxy) is 1. The lowest BCUT2D eigenvalue weighted by Crippen LogP contribution is -2.32. The molecule has 0 saturated heterocycles. The first-order valence-electron chi connectivity index (χ1n) is 13.9. The minimum absolute atomic E-state index is 0.00767. The van der Waals surface area contributed by atoms with E-state index in [2.05, 4.69) is 15.3 Å². The Labute approximate surface area is 246 Å². The van der Waals surface area contributed by atoms with E-state index < -0.39 is 23.6 Å². The van der Waals surface area contributed by atoms with Crippen LogP contribution in [0.1, 0.15) is 57.5 Å². The average molecular weight is 582 g/mol. The van der Waals surface area contributed by atoms with Crippen molar-refractivity contribution < 1.29 is 23.1 Å². The molecule has 1 atom stereocenters. The zero-order chi connectivity index (χ0) is 30.1. The van der Waals surface area contributed by atoms with Crippen LogP contribution < -0.4 is 15.8 Å². The summed E-state index contributed by atoms with van der Waals surface area (Å²) in [7, 11) is 1.59. The van der Waals surface area contributed by atoms with Gasteiger partial charge in [0.1, 0.15) is 11.6 Å². The van der Waals surface area contributed by atoms with Crippen LogP contribution in [0.3, 0.4) is 0 Å². The number of nitrogens with zero attached hydrogens (tertiary/aromatic N) is 2. The van der Waals surface area contributed by atoms with E-state index in [9.17, 15) is 18.4 Å². The number of aromatic amines is 1. The molecular formula is C33H29F2N5O3. The molecule has 1 saturated carbocycles. The Bertz CT molecular complexity index is 1830. The Hall–Kier alpha value is -5.12. The first kappa shape index (κ1) is 28.0. The van der Waals surface area contributed by atoms with E-state index in [1.807, 2.05) is 6.07 Å². The third kappa shape index (κ3) is 6.08. The predicted octanol–water partition coefficient (Wildman–Crippen LogP) is 5.53. The highest BCUT2D eigenvalue weighted by Gasteiger charge is 2.29. The predicted molar refractivity (Wildman–Crippen MR) is 157 cm³/mol. The summed E-state index contributed by atoms with van der Waals surface area (Å²) in [4.78, 5) is 37.9. The lowest BCUT2D eigenvalue weighted by Gasteiger charge is -2.22. The van der Waals surface area contributed by atoms with Gasteiger partial charge in [0.15, 0.2) is 0 Å². The van der Waals surface area contributed by atoms with Gasteiger partial charge < -0.3 is 20.8 Å². The van der Waals surface area contributed by atoms with Crippen molar-refractivity contribution in [1.29, 1.82) is 0 Å². The van der Waals surface area contributed by atoms with E-state index in [1.54, 1.807) is 55.9 Å². The Morgan fingerprint density at radius 3 is 2.60 bits per heavy atom. The van der Waals surface area contributed by atoms with E-state index in [1.165, 1.54) is 12.1 Å². The van der Waals surface area contributed by atoms with Crippen LogP contribution in [-0.4, -0.2) is 33.9 Å². The summed E-state index contributed by atoms with van der Waals surface area (Å²) in [6.07, 6.45) is 5.58. The monoisotopic (exact) mass is 581 g/mol. The van der Waals surface area contributed by atoms with E-state index in [0.29, 0.717) is 50.8 Å². The van der Waals surface area contributed by atoms with Crippen LogP contribution in [0.4, 0.5) is 8.78 Å². The fourth-order valence-electron chi connectivity index (χ4n) is 5.46. The molecule has 3 aromatic heterocycles. The molecule has 1 unspecified atom stereocenters. The highest BCUT2D eigenvalue weighted by atomic mass is 19.1. The number of carbonyl (C=O) groups excluding carboxylic acids is 2. The van der Waals surface area contributed by atoms with Crippen molar-refractivity contribution in [2.45, 2.75) is 37.6 Å². The maximum absolute atomic E-state index is 14.1. The topological polar surface area (TPSA) is 123 Å². The Morgan fingerprint density at radius 1 is 1.09 bits per heavy atom. The Morgan fingerprint density at radius 2 is 1.88 bits per heavy atom. The number of H-pyrrole nitrogens is 1. The Balaban J connectivity index is 1.34. The number of nitrogens with one attached hydrogen (secondary N) is 2. The smallest absolute Gasteiger partial charge is 0.248 e. The van der Waals surface area contributed by atoms with Gasteiger partial charge in [-0.25, -0.2) is 13.8 Å². The molecule has 4 N–H and O–H groups in total. The summed E-state index contributed by atoms with van der Waals surface area (Å²) in [6, 6.07) is 14.8. The molecule has 2 aromatic carbocycles. The number of amides is 2. The Kier molecular flexibility index (Phi) is 7.58. The number of aromatic nitrogens is 3. The van der Waals surface area contributed by atoms with Crippen LogP contribution in [0.25, 0.3) is 22.2 Å². The highest BCUT2D eigenvalue weighted by Crippen LogP contribution is 2.44. The summed E-state index contributed by atoms with van der Waals surface area (Å²) in [6.45, 7) is 0. The zero-order valence-corrected chi connectivity index (χ0v) is 23.4. The molecule has 0 radical (unpaired) electrons. The van der Waals surface area contributed by atoms with Gasteiger partial charge in [0, 0.05) is 40.7 Å². The molecule has 8 nitrogen and oxygen atoms in total. The van der Waals surface area contributed by atoms with Gasteiger partial charge >= 0.3 is 0 Å². The third-order valence-corrected chi connectivity index (χ3v) is 7.61. The van der Waals surface area contributed by atoms with E-state index in [0.717, 1.165) is 30.0 Å². The molecule has 10 heteroatoms. The maximum atomic E-state index is 14.1. The number of nitrogens with two attached hydrogens (primary N) is 1. The third-order valence-electron chi connectivity index (χ3n) is 7.61. The van der Waals surface area contributed by atoms with Crippen molar-refractivity contribution in [2.75, 3.05) is 7.11 Å². The van der Waals surface area contributed by atoms with Crippen molar-refractivity contribution in [1.82, 2.24) is 20.3 Å². The number of hydrogen-bond donors (Lipinski definition) is 3. The molecule has 218 valence electrons. The fraction of sp³-hybridized carbons (Fsp3) is 0.212. The molecule has 1 aliphatic rings. The molecule has 0 spiro atoms. The van der Waals surface area contributed by atoms with Gasteiger partial charge in [-0.05, 0) is 72.7 Å². The summed E-state index contributed by atoms with van der Waals surface area (Å²) >= 11 is 0. The maximum Gasteiger partial charge on any atom is 0.248 e. The second-order valence-corrected chi connectivity index (χ2v) is 10.7. The SMILES string of the molecule is COc1nc2c(CC(=O)NC(Cc3cc(F)cc(F)c3)c3ncccc3-c3cccc(C(N)=O)c3)c[nH]c2cc1C1CC1. The van der Waals surface area contributed by atoms with Crippen LogP contribution >= 0.6 is 0 Å². The van der Waals surface area contributed by atoms with Gasteiger partial charge in [0.05, 0.1) is 36.3 Å². The number of rotatable bonds is 10. The van der Waals surface area contributed by atoms with Crippen molar-refractivity contribution >= 4 is 22.8 Å². The molecular weight excluding hydrogens is 552 g/mol. The summed E-state index contributed by atoms with van der Waals surface area (Å²) in [5.74, 6) is -1.37. The van der Waals surface area contributed by atoms with Crippen LogP contribution in [-0.2, 0) is 17.6 Å². The van der Waals surface area contributed by atoms with E-state index in [4.69, 9.17) is 15.5 Å². The number of methoxy groups -OCH3 is 1. The zero-order valence-electron chi connectivity index (χ0n) is 23.4. The lowest BCUT2D eigenvalue weighted by molar-refractivity contribution is -0.121. The standard InChI is InChI=1S/C33H29F2N5O3/c1-43-33-26(19-7-8-19)16-27-30(40-33)22(17-38-27)14-29(41)39-28(12-18-10-23(34)15-24(35)11-18)31-25(6-3-9-37-31)20-4-2-5-21(13-20)32(36)42/h2-6,9-11,13,15-17,19,28,38H,7-8,12,14H2,1H3,(H2,36,42)(H,39,41). The first-order chi connectivity index (χ1) is 20.8. The average Bonchev–Trinajstić information content (AvgIpc) is 3.77. The van der Waals surface area contributed by atoms with E-state index in [-0.39, 0.29) is 18.7 Å². The van der Waals surface area contributed by atoms with Crippen LogP contribution in [0.2, 0.25) is 0 Å². The number of carbonyl (C=O) groups is 2. The molecule has 3 heterocycles. The largest absolute Gasteiger partial charge is 0.481 e.